The van der Waals surface area contributed by atoms with E-state index in [4.69, 9.17) is 11.6 Å². The molecule has 2 aromatic rings. The maximum absolute atomic E-state index is 12.9. The third kappa shape index (κ3) is 5.62. The van der Waals surface area contributed by atoms with E-state index in [2.05, 4.69) is 24.5 Å². The van der Waals surface area contributed by atoms with Gasteiger partial charge in [-0.15, -0.1) is 0 Å². The van der Waals surface area contributed by atoms with E-state index in [-0.39, 0.29) is 24.3 Å². The van der Waals surface area contributed by atoms with Gasteiger partial charge in [-0.05, 0) is 41.3 Å². The van der Waals surface area contributed by atoms with Crippen molar-refractivity contribution in [3.05, 3.63) is 70.5 Å². The number of nitrogens with one attached hydrogen (secondary N) is 2. The molecule has 0 fully saturated rings. The van der Waals surface area contributed by atoms with Gasteiger partial charge < -0.3 is 10.6 Å². The summed E-state index contributed by atoms with van der Waals surface area (Å²) in [6.45, 7) is 4.80. The van der Waals surface area contributed by atoms with Crippen LogP contribution in [-0.2, 0) is 11.3 Å². The van der Waals surface area contributed by atoms with E-state index in [1.165, 1.54) is 12.1 Å². The molecule has 2 rings (SSSR count). The lowest BCUT2D eigenvalue weighted by Crippen LogP contribution is -2.37. The molecule has 5 heteroatoms. The molecule has 0 aliphatic heterocycles. The molecule has 24 heavy (non-hydrogen) atoms. The summed E-state index contributed by atoms with van der Waals surface area (Å²) < 4.78 is 12.9. The number of halogens is 2. The van der Waals surface area contributed by atoms with Crippen LogP contribution in [0.3, 0.4) is 0 Å². The lowest BCUT2D eigenvalue weighted by atomic mass is 9.96. The fourth-order valence-electron chi connectivity index (χ4n) is 2.48. The van der Waals surface area contributed by atoms with Crippen molar-refractivity contribution in [2.24, 2.45) is 5.92 Å². The Morgan fingerprint density at radius 2 is 1.71 bits per heavy atom. The molecule has 0 radical (unpaired) electrons. The summed E-state index contributed by atoms with van der Waals surface area (Å²) in [6, 6.07) is 13.8. The second-order valence-corrected chi connectivity index (χ2v) is 6.49. The van der Waals surface area contributed by atoms with E-state index >= 15 is 0 Å². The molecule has 2 aromatic carbocycles. The Balaban J connectivity index is 1.86. The van der Waals surface area contributed by atoms with Crippen LogP contribution in [0.25, 0.3) is 0 Å². The molecule has 0 spiro atoms. The van der Waals surface area contributed by atoms with Gasteiger partial charge in [-0.3, -0.25) is 4.79 Å². The molecule has 128 valence electrons. The van der Waals surface area contributed by atoms with Gasteiger partial charge in [-0.2, -0.15) is 0 Å². The zero-order chi connectivity index (χ0) is 17.5. The fourth-order valence-corrected chi connectivity index (χ4v) is 2.60. The topological polar surface area (TPSA) is 41.1 Å². The fraction of sp³-hybridized carbons (Fsp3) is 0.316. The van der Waals surface area contributed by atoms with Crippen LogP contribution in [0.4, 0.5) is 4.39 Å². The standard InChI is InChI=1S/C19H22ClFN2O/c1-13(2)19(15-5-7-16(20)8-6-15)23-12-18(24)22-11-14-3-9-17(21)10-4-14/h3-10,13,19,23H,11-12H2,1-2H3,(H,22,24). The normalized spacial score (nSPS) is 12.2. The second-order valence-electron chi connectivity index (χ2n) is 6.06. The average Bonchev–Trinajstić information content (AvgIpc) is 2.56. The number of carbonyl (C=O) groups is 1. The molecule has 0 aliphatic rings. The molecular weight excluding hydrogens is 327 g/mol. The smallest absolute Gasteiger partial charge is 0.234 e. The Hall–Kier alpha value is -1.91. The largest absolute Gasteiger partial charge is 0.351 e. The zero-order valence-electron chi connectivity index (χ0n) is 13.9. The minimum atomic E-state index is -0.283. The van der Waals surface area contributed by atoms with E-state index in [0.717, 1.165) is 11.1 Å². The Morgan fingerprint density at radius 3 is 2.29 bits per heavy atom. The molecule has 0 saturated heterocycles. The summed E-state index contributed by atoms with van der Waals surface area (Å²) in [7, 11) is 0. The zero-order valence-corrected chi connectivity index (χ0v) is 14.6. The first-order chi connectivity index (χ1) is 11.5. The van der Waals surface area contributed by atoms with Gasteiger partial charge in [-0.1, -0.05) is 49.7 Å². The predicted octanol–water partition coefficient (Wildman–Crippen LogP) is 4.08. The monoisotopic (exact) mass is 348 g/mol. The molecule has 0 aromatic heterocycles. The van der Waals surface area contributed by atoms with E-state index in [1.807, 2.05) is 24.3 Å². The third-order valence-corrected chi connectivity index (χ3v) is 4.03. The van der Waals surface area contributed by atoms with Gasteiger partial charge in [0.25, 0.3) is 0 Å². The van der Waals surface area contributed by atoms with Gasteiger partial charge >= 0.3 is 0 Å². The maximum Gasteiger partial charge on any atom is 0.234 e. The molecule has 0 aliphatic carbocycles. The van der Waals surface area contributed by atoms with Crippen LogP contribution in [0.5, 0.6) is 0 Å². The SMILES string of the molecule is CC(C)C(NCC(=O)NCc1ccc(F)cc1)c1ccc(Cl)cc1. The molecule has 1 unspecified atom stereocenters. The van der Waals surface area contributed by atoms with Gasteiger partial charge in [-0.25, -0.2) is 4.39 Å². The average molecular weight is 349 g/mol. The number of hydrogen-bond acceptors (Lipinski definition) is 2. The van der Waals surface area contributed by atoms with Crippen LogP contribution in [0.1, 0.15) is 31.0 Å². The number of benzene rings is 2. The van der Waals surface area contributed by atoms with Crippen LogP contribution < -0.4 is 10.6 Å². The summed E-state index contributed by atoms with van der Waals surface area (Å²) in [4.78, 5) is 12.0. The highest BCUT2D eigenvalue weighted by atomic mass is 35.5. The van der Waals surface area contributed by atoms with E-state index in [9.17, 15) is 9.18 Å². The van der Waals surface area contributed by atoms with Gasteiger partial charge in [0.2, 0.25) is 5.91 Å². The van der Waals surface area contributed by atoms with Gasteiger partial charge in [0.05, 0.1) is 6.54 Å². The van der Waals surface area contributed by atoms with Crippen molar-refractivity contribution in [3.63, 3.8) is 0 Å². The number of amides is 1. The van der Waals surface area contributed by atoms with Crippen LogP contribution >= 0.6 is 11.6 Å². The van der Waals surface area contributed by atoms with Crippen LogP contribution in [0, 0.1) is 11.7 Å². The molecule has 1 amide bonds. The quantitative estimate of drug-likeness (QED) is 0.791. The van der Waals surface area contributed by atoms with Crippen molar-refractivity contribution in [2.45, 2.75) is 26.4 Å². The van der Waals surface area contributed by atoms with Crippen molar-refractivity contribution in [3.8, 4) is 0 Å². The lowest BCUT2D eigenvalue weighted by Gasteiger charge is -2.23. The van der Waals surface area contributed by atoms with Crippen molar-refractivity contribution in [1.29, 1.82) is 0 Å². The first-order valence-corrected chi connectivity index (χ1v) is 8.33. The van der Waals surface area contributed by atoms with Crippen molar-refractivity contribution in [2.75, 3.05) is 6.54 Å². The maximum atomic E-state index is 12.9. The summed E-state index contributed by atoms with van der Waals surface area (Å²) in [5.41, 5.74) is 1.96. The summed E-state index contributed by atoms with van der Waals surface area (Å²) in [6.07, 6.45) is 0. The highest BCUT2D eigenvalue weighted by Gasteiger charge is 2.16. The highest BCUT2D eigenvalue weighted by molar-refractivity contribution is 6.30. The Labute approximate surface area is 147 Å². The minimum absolute atomic E-state index is 0.0684. The Kier molecular flexibility index (Phi) is 6.76. The number of carbonyl (C=O) groups excluding carboxylic acids is 1. The third-order valence-electron chi connectivity index (χ3n) is 3.78. The van der Waals surface area contributed by atoms with Crippen LogP contribution in [0.2, 0.25) is 5.02 Å². The van der Waals surface area contributed by atoms with Gasteiger partial charge in [0, 0.05) is 17.6 Å². The Bertz CT molecular complexity index is 656. The van der Waals surface area contributed by atoms with Crippen molar-refractivity contribution < 1.29 is 9.18 Å². The van der Waals surface area contributed by atoms with E-state index < -0.39 is 0 Å². The molecule has 3 nitrogen and oxygen atoms in total. The van der Waals surface area contributed by atoms with Crippen molar-refractivity contribution in [1.82, 2.24) is 10.6 Å². The molecule has 2 N–H and O–H groups in total. The molecule has 0 bridgehead atoms. The van der Waals surface area contributed by atoms with Crippen molar-refractivity contribution >= 4 is 17.5 Å². The molecule has 1 atom stereocenters. The number of rotatable bonds is 7. The van der Waals surface area contributed by atoms with E-state index in [1.54, 1.807) is 12.1 Å². The summed E-state index contributed by atoms with van der Waals surface area (Å²) in [5.74, 6) is -0.0514. The summed E-state index contributed by atoms with van der Waals surface area (Å²) >= 11 is 5.92. The Morgan fingerprint density at radius 1 is 1.08 bits per heavy atom. The van der Waals surface area contributed by atoms with Crippen LogP contribution in [0.15, 0.2) is 48.5 Å². The predicted molar refractivity (Wildman–Crippen MR) is 95.3 cm³/mol. The molecular formula is C19H22ClFN2O. The highest BCUT2D eigenvalue weighted by Crippen LogP contribution is 2.22. The molecule has 0 heterocycles. The lowest BCUT2D eigenvalue weighted by molar-refractivity contribution is -0.120. The first-order valence-electron chi connectivity index (χ1n) is 7.95. The minimum Gasteiger partial charge on any atom is -0.351 e. The molecule has 0 saturated carbocycles. The second kappa shape index (κ2) is 8.81. The van der Waals surface area contributed by atoms with Gasteiger partial charge in [0.15, 0.2) is 0 Å². The first kappa shape index (κ1) is 18.4. The number of hydrogen-bond donors (Lipinski definition) is 2. The van der Waals surface area contributed by atoms with Crippen LogP contribution in [-0.4, -0.2) is 12.5 Å². The van der Waals surface area contributed by atoms with Gasteiger partial charge in [0.1, 0.15) is 5.82 Å². The van der Waals surface area contributed by atoms with E-state index in [0.29, 0.717) is 17.5 Å². The summed E-state index contributed by atoms with van der Waals surface area (Å²) in [5, 5.41) is 6.81.